The summed E-state index contributed by atoms with van der Waals surface area (Å²) in [6, 6.07) is 8.52. The lowest BCUT2D eigenvalue weighted by Gasteiger charge is -2.30. The van der Waals surface area contributed by atoms with Crippen LogP contribution in [0.4, 0.5) is 5.69 Å². The number of rotatable bonds is 3. The van der Waals surface area contributed by atoms with Crippen molar-refractivity contribution in [1.29, 1.82) is 5.26 Å². The molecular weight excluding hydrogens is 222 g/mol. The van der Waals surface area contributed by atoms with Crippen molar-refractivity contribution in [1.82, 2.24) is 5.32 Å². The minimum absolute atomic E-state index is 0.394. The fourth-order valence-electron chi connectivity index (χ4n) is 2.60. The Balaban J connectivity index is 2.11. The Kier molecular flexibility index (Phi) is 4.22. The lowest BCUT2D eigenvalue weighted by Crippen LogP contribution is -2.39. The number of hydrogen-bond acceptors (Lipinski definition) is 3. The van der Waals surface area contributed by atoms with E-state index in [-0.39, 0.29) is 0 Å². The first-order valence-corrected chi connectivity index (χ1v) is 6.69. The Morgan fingerprint density at radius 2 is 2.33 bits per heavy atom. The highest BCUT2D eigenvalue weighted by molar-refractivity contribution is 5.62. The van der Waals surface area contributed by atoms with Crippen molar-refractivity contribution >= 4 is 5.69 Å². The first-order chi connectivity index (χ1) is 8.72. The van der Waals surface area contributed by atoms with E-state index < -0.39 is 0 Å². The van der Waals surface area contributed by atoms with E-state index in [9.17, 15) is 0 Å². The summed E-state index contributed by atoms with van der Waals surface area (Å²) in [5, 5.41) is 16.1. The largest absolute Gasteiger partial charge is 0.381 e. The average Bonchev–Trinajstić information content (AvgIpc) is 2.42. The molecule has 2 rings (SSSR count). The summed E-state index contributed by atoms with van der Waals surface area (Å²) in [5.41, 5.74) is 2.88. The number of benzene rings is 1. The third-order valence-electron chi connectivity index (χ3n) is 3.81. The van der Waals surface area contributed by atoms with Crippen LogP contribution in [-0.4, -0.2) is 19.1 Å². The van der Waals surface area contributed by atoms with Crippen LogP contribution in [-0.2, 0) is 0 Å². The zero-order valence-corrected chi connectivity index (χ0v) is 11.2. The number of hydrogen-bond donors (Lipinski definition) is 2. The molecule has 1 fully saturated rings. The zero-order chi connectivity index (χ0) is 13.0. The maximum absolute atomic E-state index is 9.16. The van der Waals surface area contributed by atoms with E-state index in [4.69, 9.17) is 5.26 Å². The highest BCUT2D eigenvalue weighted by Gasteiger charge is 2.20. The van der Waals surface area contributed by atoms with Gasteiger partial charge in [-0.05, 0) is 57.3 Å². The number of nitrogens with one attached hydrogen (secondary N) is 2. The average molecular weight is 243 g/mol. The second kappa shape index (κ2) is 5.88. The normalized spacial score (nSPS) is 21.1. The summed E-state index contributed by atoms with van der Waals surface area (Å²) in [4.78, 5) is 0. The fraction of sp³-hybridized carbons (Fsp3) is 0.533. The number of nitrogens with zero attached hydrogens (tertiary/aromatic N) is 1. The molecule has 96 valence electrons. The molecular formula is C15H21N3. The second-order valence-electron chi connectivity index (χ2n) is 5.15. The van der Waals surface area contributed by atoms with Crippen LogP contribution in [0.3, 0.4) is 0 Å². The number of para-hydroxylation sites is 1. The van der Waals surface area contributed by atoms with Gasteiger partial charge in [0.25, 0.3) is 0 Å². The van der Waals surface area contributed by atoms with Crippen molar-refractivity contribution < 1.29 is 0 Å². The molecule has 1 aliphatic heterocycles. The predicted molar refractivity (Wildman–Crippen MR) is 74.6 cm³/mol. The number of piperidine rings is 1. The van der Waals surface area contributed by atoms with Crippen molar-refractivity contribution in [2.75, 3.05) is 18.4 Å². The molecule has 2 N–H and O–H groups in total. The molecule has 1 aliphatic rings. The number of anilines is 1. The van der Waals surface area contributed by atoms with Gasteiger partial charge >= 0.3 is 0 Å². The van der Waals surface area contributed by atoms with Crippen LogP contribution in [0.5, 0.6) is 0 Å². The van der Waals surface area contributed by atoms with Crippen LogP contribution >= 0.6 is 0 Å². The summed E-state index contributed by atoms with van der Waals surface area (Å²) >= 11 is 0. The smallest absolute Gasteiger partial charge is 0.101 e. The van der Waals surface area contributed by atoms with Gasteiger partial charge in [0.05, 0.1) is 11.3 Å². The fourth-order valence-corrected chi connectivity index (χ4v) is 2.60. The molecule has 2 atom stereocenters. The van der Waals surface area contributed by atoms with Crippen LogP contribution in [0.1, 0.15) is 30.9 Å². The molecule has 0 amide bonds. The lowest BCUT2D eigenvalue weighted by molar-refractivity contribution is 0.347. The Hall–Kier alpha value is -1.53. The van der Waals surface area contributed by atoms with Gasteiger partial charge in [-0.1, -0.05) is 12.1 Å². The SMILES string of the molecule is Cc1cccc(C#N)c1NC(C)C1CCCNC1. The maximum Gasteiger partial charge on any atom is 0.101 e. The third kappa shape index (κ3) is 2.83. The molecule has 1 heterocycles. The van der Waals surface area contributed by atoms with Crippen molar-refractivity contribution in [2.45, 2.75) is 32.7 Å². The zero-order valence-electron chi connectivity index (χ0n) is 11.2. The Bertz CT molecular complexity index is 442. The third-order valence-corrected chi connectivity index (χ3v) is 3.81. The van der Waals surface area contributed by atoms with E-state index in [2.05, 4.69) is 36.6 Å². The van der Waals surface area contributed by atoms with Crippen LogP contribution < -0.4 is 10.6 Å². The van der Waals surface area contributed by atoms with Crippen molar-refractivity contribution in [3.05, 3.63) is 29.3 Å². The van der Waals surface area contributed by atoms with Crippen molar-refractivity contribution in [3.8, 4) is 6.07 Å². The first-order valence-electron chi connectivity index (χ1n) is 6.69. The van der Waals surface area contributed by atoms with Gasteiger partial charge in [0.2, 0.25) is 0 Å². The summed E-state index contributed by atoms with van der Waals surface area (Å²) in [7, 11) is 0. The summed E-state index contributed by atoms with van der Waals surface area (Å²) in [6.45, 7) is 6.47. The summed E-state index contributed by atoms with van der Waals surface area (Å²) in [6.07, 6.45) is 2.50. The Labute approximate surface area is 109 Å². The predicted octanol–water partition coefficient (Wildman–Crippen LogP) is 2.67. The van der Waals surface area contributed by atoms with E-state index >= 15 is 0 Å². The van der Waals surface area contributed by atoms with Crippen LogP contribution in [0.25, 0.3) is 0 Å². The van der Waals surface area contributed by atoms with Gasteiger partial charge in [0.15, 0.2) is 0 Å². The van der Waals surface area contributed by atoms with Gasteiger partial charge in [-0.25, -0.2) is 0 Å². The monoisotopic (exact) mass is 243 g/mol. The molecule has 0 spiro atoms. The minimum Gasteiger partial charge on any atom is -0.381 e. The molecule has 2 unspecified atom stereocenters. The molecule has 0 aliphatic carbocycles. The quantitative estimate of drug-likeness (QED) is 0.858. The van der Waals surface area contributed by atoms with E-state index in [1.54, 1.807) is 0 Å². The van der Waals surface area contributed by atoms with Crippen LogP contribution in [0.2, 0.25) is 0 Å². The molecule has 1 saturated heterocycles. The van der Waals surface area contributed by atoms with Crippen LogP contribution in [0, 0.1) is 24.2 Å². The van der Waals surface area contributed by atoms with E-state index in [1.165, 1.54) is 12.8 Å². The van der Waals surface area contributed by atoms with Gasteiger partial charge < -0.3 is 10.6 Å². The Morgan fingerprint density at radius 3 is 3.00 bits per heavy atom. The molecule has 0 bridgehead atoms. The number of nitriles is 1. The molecule has 1 aromatic carbocycles. The van der Waals surface area contributed by atoms with Crippen molar-refractivity contribution in [2.24, 2.45) is 5.92 Å². The lowest BCUT2D eigenvalue weighted by atomic mass is 9.92. The van der Waals surface area contributed by atoms with Gasteiger partial charge in [-0.15, -0.1) is 0 Å². The molecule has 0 aromatic heterocycles. The maximum atomic E-state index is 9.16. The van der Waals surface area contributed by atoms with Gasteiger partial charge in [-0.2, -0.15) is 5.26 Å². The number of aryl methyl sites for hydroxylation is 1. The van der Waals surface area contributed by atoms with Gasteiger partial charge in [0, 0.05) is 6.04 Å². The summed E-state index contributed by atoms with van der Waals surface area (Å²) in [5.74, 6) is 0.643. The van der Waals surface area contributed by atoms with E-state index in [1.807, 2.05) is 12.1 Å². The molecule has 3 heteroatoms. The first kappa shape index (κ1) is 12.9. The van der Waals surface area contributed by atoms with Crippen LogP contribution in [0.15, 0.2) is 18.2 Å². The molecule has 0 saturated carbocycles. The molecule has 0 radical (unpaired) electrons. The van der Waals surface area contributed by atoms with Gasteiger partial charge in [0.1, 0.15) is 6.07 Å². The minimum atomic E-state index is 0.394. The highest BCUT2D eigenvalue weighted by Crippen LogP contribution is 2.24. The molecule has 1 aromatic rings. The van der Waals surface area contributed by atoms with Crippen molar-refractivity contribution in [3.63, 3.8) is 0 Å². The molecule has 18 heavy (non-hydrogen) atoms. The van der Waals surface area contributed by atoms with Gasteiger partial charge in [-0.3, -0.25) is 0 Å². The van der Waals surface area contributed by atoms with E-state index in [0.717, 1.165) is 29.9 Å². The highest BCUT2D eigenvalue weighted by atomic mass is 15.0. The van der Waals surface area contributed by atoms with E-state index in [0.29, 0.717) is 12.0 Å². The topological polar surface area (TPSA) is 47.9 Å². The Morgan fingerprint density at radius 1 is 1.50 bits per heavy atom. The molecule has 3 nitrogen and oxygen atoms in total. The summed E-state index contributed by atoms with van der Waals surface area (Å²) < 4.78 is 0. The second-order valence-corrected chi connectivity index (χ2v) is 5.15. The standard InChI is InChI=1S/C15H21N3/c1-11-5-3-6-13(9-16)15(11)18-12(2)14-7-4-8-17-10-14/h3,5-6,12,14,17-18H,4,7-8,10H2,1-2H3.